The first kappa shape index (κ1) is 18.1. The van der Waals surface area contributed by atoms with Gasteiger partial charge in [0.25, 0.3) is 5.69 Å². The van der Waals surface area contributed by atoms with Crippen molar-refractivity contribution in [1.29, 1.82) is 0 Å². The summed E-state index contributed by atoms with van der Waals surface area (Å²) in [5.74, 6) is 0.683. The van der Waals surface area contributed by atoms with Crippen molar-refractivity contribution in [3.63, 3.8) is 0 Å². The number of nitrogens with zero attached hydrogens (tertiary/aromatic N) is 2. The van der Waals surface area contributed by atoms with Crippen LogP contribution >= 0.6 is 0 Å². The maximum absolute atomic E-state index is 11.9. The molecule has 1 amide bonds. The Balaban J connectivity index is 1.66. The zero-order valence-corrected chi connectivity index (χ0v) is 14.6. The molecule has 0 aliphatic heterocycles. The van der Waals surface area contributed by atoms with Crippen molar-refractivity contribution in [2.45, 2.75) is 13.3 Å². The molecule has 0 aliphatic rings. The standard InChI is InChI=1S/C20H17N3O4/c1-14-7-8-16(23(25)26)12-18(14)19-10-9-17(27-19)13-21-22-20(24)11-15-5-3-2-4-6-15/h2-10,12-13H,11H2,1H3,(H,22,24)/b21-13-. The molecule has 0 aliphatic carbocycles. The summed E-state index contributed by atoms with van der Waals surface area (Å²) in [6.07, 6.45) is 1.62. The molecule has 0 spiro atoms. The number of aryl methyl sites for hydroxylation is 1. The molecule has 0 atom stereocenters. The van der Waals surface area contributed by atoms with E-state index in [0.717, 1.165) is 11.1 Å². The predicted octanol–water partition coefficient (Wildman–Crippen LogP) is 3.86. The Morgan fingerprint density at radius 1 is 1.19 bits per heavy atom. The second-order valence-electron chi connectivity index (χ2n) is 5.91. The van der Waals surface area contributed by atoms with Crippen LogP contribution in [0.4, 0.5) is 5.69 Å². The molecule has 0 fully saturated rings. The van der Waals surface area contributed by atoms with Crippen molar-refractivity contribution >= 4 is 17.8 Å². The fraction of sp³-hybridized carbons (Fsp3) is 0.100. The fourth-order valence-electron chi connectivity index (χ4n) is 2.54. The summed E-state index contributed by atoms with van der Waals surface area (Å²) in [7, 11) is 0. The molecule has 136 valence electrons. The first-order chi connectivity index (χ1) is 13.0. The number of carbonyl (C=O) groups excluding carboxylic acids is 1. The molecule has 3 rings (SSSR count). The third-order valence-electron chi connectivity index (χ3n) is 3.91. The van der Waals surface area contributed by atoms with Crippen LogP contribution in [0.15, 0.2) is 70.2 Å². The average Bonchev–Trinajstić information content (AvgIpc) is 3.11. The molecule has 1 heterocycles. The monoisotopic (exact) mass is 363 g/mol. The van der Waals surface area contributed by atoms with Gasteiger partial charge in [-0.05, 0) is 30.2 Å². The van der Waals surface area contributed by atoms with E-state index in [4.69, 9.17) is 4.42 Å². The van der Waals surface area contributed by atoms with Gasteiger partial charge in [0.15, 0.2) is 0 Å². The Morgan fingerprint density at radius 2 is 1.96 bits per heavy atom. The molecule has 7 heteroatoms. The lowest BCUT2D eigenvalue weighted by atomic mass is 10.1. The van der Waals surface area contributed by atoms with E-state index in [1.54, 1.807) is 18.2 Å². The normalized spacial score (nSPS) is 10.9. The molecule has 1 aromatic heterocycles. The zero-order valence-electron chi connectivity index (χ0n) is 14.6. The summed E-state index contributed by atoms with van der Waals surface area (Å²) in [6, 6.07) is 17.3. The lowest BCUT2D eigenvalue weighted by molar-refractivity contribution is -0.384. The second kappa shape index (κ2) is 8.09. The predicted molar refractivity (Wildman–Crippen MR) is 101 cm³/mol. The highest BCUT2D eigenvalue weighted by Gasteiger charge is 2.13. The number of carbonyl (C=O) groups is 1. The topological polar surface area (TPSA) is 97.7 Å². The third-order valence-corrected chi connectivity index (χ3v) is 3.91. The van der Waals surface area contributed by atoms with Gasteiger partial charge in [-0.1, -0.05) is 36.4 Å². The molecular weight excluding hydrogens is 346 g/mol. The van der Waals surface area contributed by atoms with Crippen LogP contribution in [-0.4, -0.2) is 17.0 Å². The van der Waals surface area contributed by atoms with Crippen LogP contribution in [-0.2, 0) is 11.2 Å². The second-order valence-corrected chi connectivity index (χ2v) is 5.91. The van der Waals surface area contributed by atoms with E-state index in [1.165, 1.54) is 18.3 Å². The van der Waals surface area contributed by atoms with Crippen molar-refractivity contribution in [3.8, 4) is 11.3 Å². The number of hydrazone groups is 1. The number of furan rings is 1. The summed E-state index contributed by atoms with van der Waals surface area (Å²) in [5.41, 5.74) is 4.83. The van der Waals surface area contributed by atoms with E-state index >= 15 is 0 Å². The minimum atomic E-state index is -0.448. The van der Waals surface area contributed by atoms with Crippen LogP contribution in [0.3, 0.4) is 0 Å². The zero-order chi connectivity index (χ0) is 19.2. The molecule has 2 aromatic carbocycles. The number of hydrogen-bond donors (Lipinski definition) is 1. The number of benzene rings is 2. The highest BCUT2D eigenvalue weighted by Crippen LogP contribution is 2.28. The van der Waals surface area contributed by atoms with Gasteiger partial charge >= 0.3 is 0 Å². The Kier molecular flexibility index (Phi) is 5.41. The number of nitro benzene ring substituents is 1. The van der Waals surface area contributed by atoms with Gasteiger partial charge in [-0.3, -0.25) is 14.9 Å². The van der Waals surface area contributed by atoms with Crippen LogP contribution < -0.4 is 5.43 Å². The van der Waals surface area contributed by atoms with E-state index in [9.17, 15) is 14.9 Å². The molecule has 0 bridgehead atoms. The van der Waals surface area contributed by atoms with Gasteiger partial charge in [0.05, 0.1) is 17.6 Å². The Hall–Kier alpha value is -3.74. The van der Waals surface area contributed by atoms with Gasteiger partial charge in [0.2, 0.25) is 5.91 Å². The van der Waals surface area contributed by atoms with Gasteiger partial charge in [0, 0.05) is 17.7 Å². The largest absolute Gasteiger partial charge is 0.455 e. The van der Waals surface area contributed by atoms with Crippen molar-refractivity contribution in [1.82, 2.24) is 5.43 Å². The molecule has 3 aromatic rings. The van der Waals surface area contributed by atoms with Crippen molar-refractivity contribution in [3.05, 3.63) is 87.7 Å². The van der Waals surface area contributed by atoms with E-state index in [-0.39, 0.29) is 18.0 Å². The lowest BCUT2D eigenvalue weighted by Crippen LogP contribution is -2.19. The molecule has 0 saturated heterocycles. The van der Waals surface area contributed by atoms with Crippen LogP contribution in [0.5, 0.6) is 0 Å². The summed E-state index contributed by atoms with van der Waals surface area (Å²) < 4.78 is 5.66. The summed E-state index contributed by atoms with van der Waals surface area (Å²) in [5, 5.41) is 14.8. The first-order valence-corrected chi connectivity index (χ1v) is 8.24. The number of rotatable bonds is 6. The highest BCUT2D eigenvalue weighted by atomic mass is 16.6. The van der Waals surface area contributed by atoms with Crippen LogP contribution in [0, 0.1) is 17.0 Å². The minimum absolute atomic E-state index is 0.00427. The summed E-state index contributed by atoms with van der Waals surface area (Å²) in [4.78, 5) is 22.4. The van der Waals surface area contributed by atoms with E-state index in [2.05, 4.69) is 10.5 Å². The van der Waals surface area contributed by atoms with E-state index in [0.29, 0.717) is 17.1 Å². The molecule has 0 unspecified atom stereocenters. The van der Waals surface area contributed by atoms with Crippen LogP contribution in [0.25, 0.3) is 11.3 Å². The number of hydrogen-bond acceptors (Lipinski definition) is 5. The maximum atomic E-state index is 11.9. The van der Waals surface area contributed by atoms with Gasteiger partial charge in [-0.15, -0.1) is 0 Å². The SMILES string of the molecule is Cc1ccc([N+](=O)[O-])cc1-c1ccc(/C=N\NC(=O)Cc2ccccc2)o1. The smallest absolute Gasteiger partial charge is 0.270 e. The number of amides is 1. The van der Waals surface area contributed by atoms with E-state index in [1.807, 2.05) is 37.3 Å². The van der Waals surface area contributed by atoms with Crippen molar-refractivity contribution < 1.29 is 14.1 Å². The molecule has 27 heavy (non-hydrogen) atoms. The Labute approximate surface area is 155 Å². The maximum Gasteiger partial charge on any atom is 0.270 e. The van der Waals surface area contributed by atoms with Gasteiger partial charge in [-0.25, -0.2) is 5.43 Å². The molecule has 1 N–H and O–H groups in total. The Bertz CT molecular complexity index is 993. The summed E-state index contributed by atoms with van der Waals surface area (Å²) in [6.45, 7) is 1.85. The fourth-order valence-corrected chi connectivity index (χ4v) is 2.54. The van der Waals surface area contributed by atoms with Gasteiger partial charge < -0.3 is 4.42 Å². The van der Waals surface area contributed by atoms with Crippen molar-refractivity contribution in [2.75, 3.05) is 0 Å². The van der Waals surface area contributed by atoms with Crippen molar-refractivity contribution in [2.24, 2.45) is 5.10 Å². The average molecular weight is 363 g/mol. The molecular formula is C20H17N3O4. The quantitative estimate of drug-likeness (QED) is 0.408. The molecule has 0 radical (unpaired) electrons. The number of nitrogens with one attached hydrogen (secondary N) is 1. The van der Waals surface area contributed by atoms with Crippen LogP contribution in [0.2, 0.25) is 0 Å². The third kappa shape index (κ3) is 4.66. The molecule has 0 saturated carbocycles. The first-order valence-electron chi connectivity index (χ1n) is 8.24. The number of nitro groups is 1. The number of non-ortho nitro benzene ring substituents is 1. The highest BCUT2D eigenvalue weighted by molar-refractivity contribution is 5.82. The molecule has 7 nitrogen and oxygen atoms in total. The van der Waals surface area contributed by atoms with Gasteiger partial charge in [-0.2, -0.15) is 5.10 Å². The van der Waals surface area contributed by atoms with Crippen LogP contribution in [0.1, 0.15) is 16.9 Å². The Morgan fingerprint density at radius 3 is 2.70 bits per heavy atom. The van der Waals surface area contributed by atoms with E-state index < -0.39 is 4.92 Å². The van der Waals surface area contributed by atoms with Gasteiger partial charge in [0.1, 0.15) is 11.5 Å². The minimum Gasteiger partial charge on any atom is -0.455 e. The summed E-state index contributed by atoms with van der Waals surface area (Å²) >= 11 is 0. The lowest BCUT2D eigenvalue weighted by Gasteiger charge is -2.02.